The Kier molecular flexibility index (Phi) is 11.1. The SMILES string of the molecule is CCCCn1cc[n+](C)c1C([O-])=Nc1ccc(C(C)(C)c2cccc(C(C)(C)c3ccc(N=C([O-])c4n(CCCC)cc[n+]4C)cc3)c2)cc1. The van der Waals surface area contributed by atoms with E-state index in [1.54, 1.807) is 0 Å². The molecule has 2 heterocycles. The molecule has 5 rings (SSSR count). The Balaban J connectivity index is 1.34. The van der Waals surface area contributed by atoms with Crippen LogP contribution in [0.5, 0.6) is 0 Å². The number of benzene rings is 3. The summed E-state index contributed by atoms with van der Waals surface area (Å²) in [6.45, 7) is 14.8. The fourth-order valence-corrected chi connectivity index (χ4v) is 6.48. The third-order valence-corrected chi connectivity index (χ3v) is 9.99. The minimum Gasteiger partial charge on any atom is -0.853 e. The van der Waals surface area contributed by atoms with Crippen LogP contribution in [0.3, 0.4) is 0 Å². The fourth-order valence-electron chi connectivity index (χ4n) is 6.48. The highest BCUT2D eigenvalue weighted by Gasteiger charge is 2.28. The van der Waals surface area contributed by atoms with Crippen LogP contribution in [0, 0.1) is 0 Å². The van der Waals surface area contributed by atoms with Gasteiger partial charge >= 0.3 is 0 Å². The van der Waals surface area contributed by atoms with Gasteiger partial charge in [0.2, 0.25) is 0 Å². The Morgan fingerprint density at radius 2 is 0.980 bits per heavy atom. The third kappa shape index (κ3) is 7.75. The molecule has 50 heavy (non-hydrogen) atoms. The number of nitrogens with zero attached hydrogens (tertiary/aromatic N) is 6. The molecule has 5 aromatic rings. The van der Waals surface area contributed by atoms with Crippen molar-refractivity contribution in [2.45, 2.75) is 91.1 Å². The topological polar surface area (TPSA) is 88.5 Å². The molecule has 3 aromatic carbocycles. The number of aromatic nitrogens is 4. The number of rotatable bonds is 14. The predicted molar refractivity (Wildman–Crippen MR) is 197 cm³/mol. The highest BCUT2D eigenvalue weighted by atomic mass is 16.3. The van der Waals surface area contributed by atoms with Crippen LogP contribution in [-0.4, -0.2) is 20.9 Å². The standard InChI is InChI=1S/C42H52N6O2/c1-9-11-24-47-28-26-45(7)39(47)37(49)43-35-20-16-31(17-21-35)41(3,4)33-14-13-15-34(30-33)42(5,6)32-18-22-36(23-19-32)44-38(50)40-46(8)27-29-48(40)25-12-10-2/h13-23,26-30H,9-12,24-25H2,1-8H3. The molecular weight excluding hydrogens is 621 g/mol. The maximum Gasteiger partial charge on any atom is 0.292 e. The van der Waals surface area contributed by atoms with Gasteiger partial charge in [0.1, 0.15) is 24.8 Å². The van der Waals surface area contributed by atoms with Crippen molar-refractivity contribution in [3.05, 3.63) is 131 Å². The highest BCUT2D eigenvalue weighted by Crippen LogP contribution is 2.37. The van der Waals surface area contributed by atoms with Crippen LogP contribution in [0.4, 0.5) is 11.4 Å². The molecule has 0 fully saturated rings. The lowest BCUT2D eigenvalue weighted by molar-refractivity contribution is -0.674. The van der Waals surface area contributed by atoms with Crippen LogP contribution in [0.2, 0.25) is 0 Å². The zero-order valence-corrected chi connectivity index (χ0v) is 31.0. The number of unbranched alkanes of at least 4 members (excludes halogenated alkanes) is 2. The lowest BCUT2D eigenvalue weighted by atomic mass is 9.73. The summed E-state index contributed by atoms with van der Waals surface area (Å²) in [6, 6.07) is 24.8. The Morgan fingerprint density at radius 1 is 0.600 bits per heavy atom. The lowest BCUT2D eigenvalue weighted by Crippen LogP contribution is -2.40. The second-order valence-electron chi connectivity index (χ2n) is 14.3. The van der Waals surface area contributed by atoms with Crippen molar-refractivity contribution in [1.82, 2.24) is 9.13 Å². The van der Waals surface area contributed by atoms with Gasteiger partial charge < -0.3 is 10.2 Å². The lowest BCUT2D eigenvalue weighted by Gasteiger charge is -2.31. The number of imidazole rings is 2. The number of aryl methyl sites for hydroxylation is 4. The molecule has 262 valence electrons. The molecule has 0 atom stereocenters. The van der Waals surface area contributed by atoms with Crippen LogP contribution in [0.1, 0.15) is 101 Å². The second-order valence-corrected chi connectivity index (χ2v) is 14.3. The summed E-state index contributed by atoms with van der Waals surface area (Å²) in [6.07, 6.45) is 11.8. The molecule has 0 aliphatic heterocycles. The average molecular weight is 673 g/mol. The van der Waals surface area contributed by atoms with Crippen molar-refractivity contribution in [1.29, 1.82) is 0 Å². The molecule has 0 amide bonds. The fraction of sp³-hybridized carbons (Fsp3) is 0.381. The zero-order chi connectivity index (χ0) is 36.1. The van der Waals surface area contributed by atoms with Gasteiger partial charge in [-0.25, -0.2) is 18.3 Å². The number of hydrogen-bond acceptors (Lipinski definition) is 4. The predicted octanol–water partition coefficient (Wildman–Crippen LogP) is 6.07. The van der Waals surface area contributed by atoms with Gasteiger partial charge in [0, 0.05) is 10.8 Å². The quantitative estimate of drug-likeness (QED) is 0.0815. The van der Waals surface area contributed by atoms with Crippen molar-refractivity contribution >= 4 is 23.2 Å². The summed E-state index contributed by atoms with van der Waals surface area (Å²) < 4.78 is 7.65. The maximum atomic E-state index is 13.2. The number of hydrogen-bond donors (Lipinski definition) is 0. The van der Waals surface area contributed by atoms with E-state index < -0.39 is 0 Å². The molecule has 0 saturated carbocycles. The van der Waals surface area contributed by atoms with Gasteiger partial charge in [-0.3, -0.25) is 9.98 Å². The molecule has 0 aliphatic carbocycles. The van der Waals surface area contributed by atoms with Crippen LogP contribution in [-0.2, 0) is 38.0 Å². The Bertz CT molecular complexity index is 1820. The van der Waals surface area contributed by atoms with Gasteiger partial charge in [0.15, 0.2) is 0 Å². The molecule has 0 radical (unpaired) electrons. The van der Waals surface area contributed by atoms with Gasteiger partial charge in [-0.05, 0) is 59.4 Å². The molecule has 0 spiro atoms. The molecule has 2 aromatic heterocycles. The molecule has 0 aliphatic rings. The Hall–Kier alpha value is -4.98. The van der Waals surface area contributed by atoms with Crippen LogP contribution >= 0.6 is 0 Å². The van der Waals surface area contributed by atoms with E-state index in [2.05, 4.69) is 100 Å². The molecule has 8 nitrogen and oxygen atoms in total. The third-order valence-electron chi connectivity index (χ3n) is 9.99. The van der Waals surface area contributed by atoms with Crippen molar-refractivity contribution in [2.75, 3.05) is 0 Å². The Labute approximate surface area is 297 Å². The first kappa shape index (κ1) is 36.3. The molecule has 0 N–H and O–H groups in total. The van der Waals surface area contributed by atoms with Crippen LogP contribution in [0.15, 0.2) is 108 Å². The first-order chi connectivity index (χ1) is 23.9. The van der Waals surface area contributed by atoms with E-state index in [0.717, 1.165) is 49.9 Å². The van der Waals surface area contributed by atoms with E-state index in [9.17, 15) is 10.2 Å². The molecule has 0 unspecified atom stereocenters. The van der Waals surface area contributed by atoms with Gasteiger partial charge in [0.05, 0.1) is 50.4 Å². The van der Waals surface area contributed by atoms with E-state index in [0.29, 0.717) is 23.0 Å². The summed E-state index contributed by atoms with van der Waals surface area (Å²) >= 11 is 0. The summed E-state index contributed by atoms with van der Waals surface area (Å²) in [5.41, 5.74) is 5.38. The van der Waals surface area contributed by atoms with E-state index in [-0.39, 0.29) is 22.6 Å². The summed E-state index contributed by atoms with van der Waals surface area (Å²) in [7, 11) is 3.77. The normalized spacial score (nSPS) is 12.9. The largest absolute Gasteiger partial charge is 0.853 e. The average Bonchev–Trinajstić information content (AvgIpc) is 3.67. The van der Waals surface area contributed by atoms with E-state index in [1.165, 1.54) is 11.1 Å². The van der Waals surface area contributed by atoms with Crippen molar-refractivity contribution in [3.63, 3.8) is 0 Å². The van der Waals surface area contributed by atoms with E-state index in [4.69, 9.17) is 0 Å². The second kappa shape index (κ2) is 15.3. The van der Waals surface area contributed by atoms with Crippen molar-refractivity contribution < 1.29 is 19.3 Å². The van der Waals surface area contributed by atoms with E-state index >= 15 is 0 Å². The van der Waals surface area contributed by atoms with Gasteiger partial charge in [0.25, 0.3) is 11.6 Å². The summed E-state index contributed by atoms with van der Waals surface area (Å²) in [5, 5.41) is 26.3. The monoisotopic (exact) mass is 672 g/mol. The zero-order valence-electron chi connectivity index (χ0n) is 31.0. The van der Waals surface area contributed by atoms with Gasteiger partial charge in [-0.15, -0.1) is 0 Å². The van der Waals surface area contributed by atoms with Gasteiger partial charge in [-0.2, -0.15) is 0 Å². The molecule has 8 heteroatoms. The van der Waals surface area contributed by atoms with E-state index in [1.807, 2.05) is 81.4 Å². The van der Waals surface area contributed by atoms with Gasteiger partial charge in [-0.1, -0.05) is 103 Å². The molecule has 0 saturated heterocycles. The first-order valence-corrected chi connectivity index (χ1v) is 17.8. The highest BCUT2D eigenvalue weighted by molar-refractivity contribution is 5.88. The molecular formula is C42H52N6O2. The number of aliphatic imine (C=N–C) groups is 2. The summed E-state index contributed by atoms with van der Waals surface area (Å²) in [5.74, 6) is 0.691. The molecule has 0 bridgehead atoms. The van der Waals surface area contributed by atoms with Crippen molar-refractivity contribution in [3.8, 4) is 0 Å². The maximum absolute atomic E-state index is 13.2. The van der Waals surface area contributed by atoms with Crippen LogP contribution in [0.25, 0.3) is 0 Å². The first-order valence-electron chi connectivity index (χ1n) is 17.8. The minimum absolute atomic E-state index is 0.240. The minimum atomic E-state index is -0.288. The smallest absolute Gasteiger partial charge is 0.292 e. The summed E-state index contributed by atoms with van der Waals surface area (Å²) in [4.78, 5) is 8.90. The van der Waals surface area contributed by atoms with Crippen LogP contribution < -0.4 is 19.3 Å². The Morgan fingerprint density at radius 3 is 1.34 bits per heavy atom. The van der Waals surface area contributed by atoms with Crippen molar-refractivity contribution in [2.24, 2.45) is 24.1 Å².